The Labute approximate surface area is 75.8 Å². The number of nitro groups is 1. The molecular weight excluding hydrogens is 168 g/mol. The van der Waals surface area contributed by atoms with Gasteiger partial charge in [0.1, 0.15) is 6.54 Å². The van der Waals surface area contributed by atoms with Gasteiger partial charge in [-0.3, -0.25) is 10.1 Å². The van der Waals surface area contributed by atoms with E-state index in [2.05, 4.69) is 10.9 Å². The van der Waals surface area contributed by atoms with E-state index in [-0.39, 0.29) is 5.69 Å². The van der Waals surface area contributed by atoms with Crippen molar-refractivity contribution in [3.63, 3.8) is 0 Å². The maximum Gasteiger partial charge on any atom is 0.269 e. The van der Waals surface area contributed by atoms with E-state index < -0.39 is 4.92 Å². The van der Waals surface area contributed by atoms with Crippen molar-refractivity contribution in [2.45, 2.75) is 6.92 Å². The van der Waals surface area contributed by atoms with Gasteiger partial charge in [-0.1, -0.05) is 12.1 Å². The molecule has 1 aromatic rings. The van der Waals surface area contributed by atoms with Crippen LogP contribution in [0.5, 0.6) is 0 Å². The van der Waals surface area contributed by atoms with Crippen LogP contribution in [0, 0.1) is 22.7 Å². The first-order chi connectivity index (χ1) is 6.24. The van der Waals surface area contributed by atoms with Gasteiger partial charge in [0.05, 0.1) is 11.0 Å². The van der Waals surface area contributed by atoms with Crippen molar-refractivity contribution in [2.24, 2.45) is 0 Å². The molecule has 4 heteroatoms. The van der Waals surface area contributed by atoms with Gasteiger partial charge in [0.2, 0.25) is 0 Å². The van der Waals surface area contributed by atoms with Crippen LogP contribution in [0.1, 0.15) is 12.5 Å². The largest absolute Gasteiger partial charge is 0.269 e. The number of benzene rings is 1. The Bertz CT molecular complexity index is 359. The monoisotopic (exact) mass is 176 g/mol. The van der Waals surface area contributed by atoms with Crippen LogP contribution >= 0.6 is 0 Å². The van der Waals surface area contributed by atoms with E-state index in [1.807, 2.05) is 0 Å². The predicted octanol–water partition coefficient (Wildman–Crippen LogP) is 2.46. The lowest BCUT2D eigenvalue weighted by atomic mass is 10.2. The summed E-state index contributed by atoms with van der Waals surface area (Å²) in [6.45, 7) is 3.37. The molecular formula is C9H8N2O2. The fourth-order valence-corrected chi connectivity index (χ4v) is 0.797. The van der Waals surface area contributed by atoms with E-state index in [9.17, 15) is 10.1 Å². The topological polar surface area (TPSA) is 47.5 Å². The maximum absolute atomic E-state index is 10.3. The molecule has 0 radical (unpaired) electrons. The van der Waals surface area contributed by atoms with Crippen molar-refractivity contribution >= 4 is 5.69 Å². The van der Waals surface area contributed by atoms with Crippen LogP contribution in [0.2, 0.25) is 0 Å². The van der Waals surface area contributed by atoms with E-state index in [1.54, 1.807) is 25.6 Å². The molecule has 0 fully saturated rings. The zero-order valence-corrected chi connectivity index (χ0v) is 7.10. The summed E-state index contributed by atoms with van der Waals surface area (Å²) in [7, 11) is 0. The van der Waals surface area contributed by atoms with Gasteiger partial charge < -0.3 is 0 Å². The van der Waals surface area contributed by atoms with Gasteiger partial charge in [0, 0.05) is 12.1 Å². The molecule has 0 atom stereocenters. The van der Waals surface area contributed by atoms with Gasteiger partial charge in [-0.15, -0.1) is 0 Å². The molecule has 13 heavy (non-hydrogen) atoms. The van der Waals surface area contributed by atoms with E-state index in [4.69, 9.17) is 0 Å². The van der Waals surface area contributed by atoms with Crippen LogP contribution < -0.4 is 0 Å². The second-order valence-corrected chi connectivity index (χ2v) is 2.30. The first-order valence-corrected chi connectivity index (χ1v) is 3.72. The number of rotatable bonds is 1. The molecule has 1 aromatic carbocycles. The van der Waals surface area contributed by atoms with E-state index >= 15 is 0 Å². The van der Waals surface area contributed by atoms with Crippen molar-refractivity contribution in [1.82, 2.24) is 0 Å². The van der Waals surface area contributed by atoms with Crippen molar-refractivity contribution in [3.05, 3.63) is 51.3 Å². The Morgan fingerprint density at radius 1 is 1.46 bits per heavy atom. The van der Waals surface area contributed by atoms with Crippen molar-refractivity contribution in [2.75, 3.05) is 0 Å². The molecule has 0 aliphatic carbocycles. The molecule has 0 heterocycles. The number of nitro benzene ring substituents is 1. The molecule has 0 aliphatic rings. The highest BCUT2D eigenvalue weighted by Crippen LogP contribution is 2.10. The Morgan fingerprint density at radius 2 is 2.08 bits per heavy atom. The van der Waals surface area contributed by atoms with Crippen LogP contribution in [0.4, 0.5) is 5.69 Å². The summed E-state index contributed by atoms with van der Waals surface area (Å²) in [5.74, 6) is 0. The van der Waals surface area contributed by atoms with Crippen LogP contribution in [-0.4, -0.2) is 4.92 Å². The standard InChI is InChI=1S/C9H8N2O2/c1-2-10-7-8-3-5-9(6-4-8)11(12)13/h2-6H,1H3. The normalized spacial score (nSPS) is 8.38. The van der Waals surface area contributed by atoms with Crippen molar-refractivity contribution in [3.8, 4) is 6.07 Å². The molecule has 0 amide bonds. The summed E-state index contributed by atoms with van der Waals surface area (Å²) in [5, 5.41) is 10.3. The predicted molar refractivity (Wildman–Crippen MR) is 49.4 cm³/mol. The summed E-state index contributed by atoms with van der Waals surface area (Å²) in [6.07, 6.45) is 0. The molecule has 0 bridgehead atoms. The molecule has 0 saturated carbocycles. The minimum atomic E-state index is -0.438. The maximum atomic E-state index is 10.3. The summed E-state index contributed by atoms with van der Waals surface area (Å²) >= 11 is 0. The fraction of sp³-hybridized carbons (Fsp3) is 0.111. The second kappa shape index (κ2) is 4.12. The van der Waals surface area contributed by atoms with Gasteiger partial charge in [-0.25, -0.2) is 4.85 Å². The quantitative estimate of drug-likeness (QED) is 0.375. The summed E-state index contributed by atoms with van der Waals surface area (Å²) in [4.78, 5) is 13.6. The third-order valence-corrected chi connectivity index (χ3v) is 1.40. The van der Waals surface area contributed by atoms with Crippen molar-refractivity contribution in [1.29, 1.82) is 0 Å². The molecule has 0 N–H and O–H groups in total. The number of nitrogens with zero attached hydrogens (tertiary/aromatic N) is 2. The van der Waals surface area contributed by atoms with Crippen LogP contribution in [-0.2, 0) is 0 Å². The molecule has 4 nitrogen and oxygen atoms in total. The Hall–Kier alpha value is -2.02. The third-order valence-electron chi connectivity index (χ3n) is 1.40. The Kier molecular flexibility index (Phi) is 2.87. The fourth-order valence-electron chi connectivity index (χ4n) is 0.797. The van der Waals surface area contributed by atoms with Gasteiger partial charge in [-0.2, -0.15) is 0 Å². The number of hydrogen-bond acceptors (Lipinski definition) is 2. The van der Waals surface area contributed by atoms with E-state index in [0.717, 1.165) is 5.56 Å². The Morgan fingerprint density at radius 3 is 2.54 bits per heavy atom. The number of non-ortho nitro benzene ring substituents is 1. The first kappa shape index (κ1) is 9.07. The van der Waals surface area contributed by atoms with E-state index in [1.165, 1.54) is 12.1 Å². The van der Waals surface area contributed by atoms with Crippen LogP contribution in [0.15, 0.2) is 24.3 Å². The lowest BCUT2D eigenvalue weighted by Gasteiger charge is -1.90. The average molecular weight is 176 g/mol. The highest BCUT2D eigenvalue weighted by atomic mass is 16.6. The third kappa shape index (κ3) is 2.49. The highest BCUT2D eigenvalue weighted by molar-refractivity contribution is 5.39. The molecule has 0 spiro atoms. The first-order valence-electron chi connectivity index (χ1n) is 3.72. The van der Waals surface area contributed by atoms with Gasteiger partial charge >= 0.3 is 0 Å². The lowest BCUT2D eigenvalue weighted by molar-refractivity contribution is -0.384. The highest BCUT2D eigenvalue weighted by Gasteiger charge is 2.01. The molecule has 0 aliphatic heterocycles. The Balaban J connectivity index is 2.87. The van der Waals surface area contributed by atoms with Gasteiger partial charge in [-0.05, 0) is 12.5 Å². The van der Waals surface area contributed by atoms with Crippen molar-refractivity contribution < 1.29 is 4.92 Å². The summed E-state index contributed by atoms with van der Waals surface area (Å²) in [5.41, 5.74) is 0.801. The summed E-state index contributed by atoms with van der Waals surface area (Å²) < 4.78 is 0. The van der Waals surface area contributed by atoms with E-state index in [0.29, 0.717) is 0 Å². The number of hydrogen-bond donors (Lipinski definition) is 0. The second-order valence-electron chi connectivity index (χ2n) is 2.30. The van der Waals surface area contributed by atoms with Gasteiger partial charge in [0.25, 0.3) is 5.69 Å². The molecule has 66 valence electrons. The smallest absolute Gasteiger partial charge is 0.258 e. The molecule has 0 saturated heterocycles. The molecule has 1 rings (SSSR count). The summed E-state index contributed by atoms with van der Waals surface area (Å²) in [6, 6.07) is 8.76. The SMILES string of the molecule is C[CH-][N+]#Cc1ccc([N+](=O)[O-])cc1. The minimum Gasteiger partial charge on any atom is -0.258 e. The average Bonchev–Trinajstić information content (AvgIpc) is 2.15. The lowest BCUT2D eigenvalue weighted by Crippen LogP contribution is -1.86. The van der Waals surface area contributed by atoms with Gasteiger partial charge in [0.15, 0.2) is 0 Å². The van der Waals surface area contributed by atoms with Crippen LogP contribution in [0.25, 0.3) is 4.85 Å². The zero-order valence-electron chi connectivity index (χ0n) is 7.10. The van der Waals surface area contributed by atoms with Crippen LogP contribution in [0.3, 0.4) is 0 Å². The molecule has 0 aromatic heterocycles. The molecule has 0 unspecified atom stereocenters. The minimum absolute atomic E-state index is 0.0750. The zero-order chi connectivity index (χ0) is 9.68.